The number of piperidine rings is 1. The summed E-state index contributed by atoms with van der Waals surface area (Å²) >= 11 is 6.75. The fourth-order valence-electron chi connectivity index (χ4n) is 5.01. The number of fused-ring (bicyclic) bond motifs is 2. The molecule has 5 heteroatoms. The lowest BCUT2D eigenvalue weighted by atomic mass is 9.92. The van der Waals surface area contributed by atoms with Gasteiger partial charge in [-0.05, 0) is 75.4 Å². The Morgan fingerprint density at radius 2 is 1.94 bits per heavy atom. The quantitative estimate of drug-likeness (QED) is 0.335. The van der Waals surface area contributed by atoms with Crippen LogP contribution in [-0.2, 0) is 6.54 Å². The van der Waals surface area contributed by atoms with Crippen LogP contribution in [0, 0.1) is 19.8 Å². The second-order valence-corrected chi connectivity index (χ2v) is 9.46. The monoisotopic (exact) mass is 434 g/mol. The topological polar surface area (TPSA) is 45.6 Å². The fourth-order valence-corrected chi connectivity index (χ4v) is 5.33. The summed E-state index contributed by atoms with van der Waals surface area (Å²) in [6.45, 7) is 7.65. The Morgan fingerprint density at radius 1 is 1.10 bits per heavy atom. The normalized spacial score (nSPS) is 15.3. The molecule has 3 heterocycles. The third kappa shape index (κ3) is 3.99. The average molecular weight is 435 g/mol. The molecule has 0 spiro atoms. The third-order valence-corrected chi connectivity index (χ3v) is 7.30. The van der Waals surface area contributed by atoms with E-state index in [-0.39, 0.29) is 0 Å². The van der Waals surface area contributed by atoms with Crippen molar-refractivity contribution in [2.75, 3.05) is 13.1 Å². The number of rotatable bonds is 6. The van der Waals surface area contributed by atoms with Crippen molar-refractivity contribution < 1.29 is 0 Å². The van der Waals surface area contributed by atoms with Crippen LogP contribution < -0.4 is 5.32 Å². The van der Waals surface area contributed by atoms with Crippen molar-refractivity contribution in [2.45, 2.75) is 52.5 Å². The molecule has 2 N–H and O–H groups in total. The lowest BCUT2D eigenvalue weighted by Gasteiger charge is -2.22. The molecule has 2 aromatic carbocycles. The van der Waals surface area contributed by atoms with Gasteiger partial charge in [0.2, 0.25) is 0 Å². The van der Waals surface area contributed by atoms with Gasteiger partial charge in [0.05, 0.1) is 21.6 Å². The number of aromatic amines is 1. The zero-order valence-electron chi connectivity index (χ0n) is 18.5. The first-order chi connectivity index (χ1) is 15.1. The van der Waals surface area contributed by atoms with Gasteiger partial charge in [0, 0.05) is 23.7 Å². The molecule has 2 aromatic heterocycles. The Hall–Kier alpha value is -2.30. The predicted octanol–water partition coefficient (Wildman–Crippen LogP) is 6.62. The standard InChI is InChI=1S/C26H31ClN4/c1-17-9-10-22-25(18(17)2)30-26(29-22)20-7-5-8-23-24(20)21(27)16-31(23)15-4-3-6-19-11-13-28-14-12-19/h5,7-10,16,19,28H,3-4,6,11-15H2,1-2H3,(H,29,30). The number of halogens is 1. The molecule has 0 bridgehead atoms. The third-order valence-electron chi connectivity index (χ3n) is 7.01. The summed E-state index contributed by atoms with van der Waals surface area (Å²) in [6, 6.07) is 10.7. The highest BCUT2D eigenvalue weighted by Gasteiger charge is 2.16. The molecular formula is C26H31ClN4. The van der Waals surface area contributed by atoms with Crippen LogP contribution in [0.4, 0.5) is 0 Å². The molecule has 0 aliphatic carbocycles. The molecule has 4 nitrogen and oxygen atoms in total. The minimum Gasteiger partial charge on any atom is -0.346 e. The van der Waals surface area contributed by atoms with Crippen LogP contribution in [0.15, 0.2) is 36.5 Å². The molecule has 0 amide bonds. The van der Waals surface area contributed by atoms with Crippen LogP contribution >= 0.6 is 11.6 Å². The predicted molar refractivity (Wildman–Crippen MR) is 131 cm³/mol. The summed E-state index contributed by atoms with van der Waals surface area (Å²) < 4.78 is 2.32. The highest BCUT2D eigenvalue weighted by Crippen LogP contribution is 2.35. The minimum absolute atomic E-state index is 0.803. The van der Waals surface area contributed by atoms with Gasteiger partial charge in [0.1, 0.15) is 5.82 Å². The average Bonchev–Trinajstić information content (AvgIpc) is 3.37. The minimum atomic E-state index is 0.803. The number of benzene rings is 2. The van der Waals surface area contributed by atoms with Gasteiger partial charge < -0.3 is 14.9 Å². The number of hydrogen-bond donors (Lipinski definition) is 2. The van der Waals surface area contributed by atoms with Gasteiger partial charge in [0.15, 0.2) is 0 Å². The highest BCUT2D eigenvalue weighted by molar-refractivity contribution is 6.36. The van der Waals surface area contributed by atoms with Crippen molar-refractivity contribution in [2.24, 2.45) is 5.92 Å². The van der Waals surface area contributed by atoms with E-state index in [9.17, 15) is 0 Å². The van der Waals surface area contributed by atoms with E-state index in [0.717, 1.165) is 45.3 Å². The van der Waals surface area contributed by atoms with Gasteiger partial charge >= 0.3 is 0 Å². The summed E-state index contributed by atoms with van der Waals surface area (Å²) in [5, 5.41) is 5.36. The van der Waals surface area contributed by atoms with E-state index < -0.39 is 0 Å². The molecule has 5 rings (SSSR count). The number of imidazole rings is 1. The van der Waals surface area contributed by atoms with Crippen LogP contribution in [0.5, 0.6) is 0 Å². The molecule has 0 radical (unpaired) electrons. The maximum Gasteiger partial charge on any atom is 0.139 e. The maximum atomic E-state index is 6.75. The van der Waals surface area contributed by atoms with Crippen molar-refractivity contribution in [3.05, 3.63) is 52.7 Å². The van der Waals surface area contributed by atoms with E-state index in [1.165, 1.54) is 61.8 Å². The second-order valence-electron chi connectivity index (χ2n) is 9.05. The van der Waals surface area contributed by atoms with E-state index in [2.05, 4.69) is 65.2 Å². The van der Waals surface area contributed by atoms with Crippen LogP contribution in [0.3, 0.4) is 0 Å². The molecular weight excluding hydrogens is 404 g/mol. The van der Waals surface area contributed by atoms with Gasteiger partial charge in [-0.25, -0.2) is 4.98 Å². The van der Waals surface area contributed by atoms with E-state index >= 15 is 0 Å². The van der Waals surface area contributed by atoms with Crippen molar-refractivity contribution >= 4 is 33.5 Å². The van der Waals surface area contributed by atoms with Gasteiger partial charge in [-0.2, -0.15) is 0 Å². The lowest BCUT2D eigenvalue weighted by Crippen LogP contribution is -2.27. The lowest BCUT2D eigenvalue weighted by molar-refractivity contribution is 0.341. The molecule has 0 unspecified atom stereocenters. The molecule has 162 valence electrons. The van der Waals surface area contributed by atoms with E-state index in [1.54, 1.807) is 0 Å². The molecule has 31 heavy (non-hydrogen) atoms. The fraction of sp³-hybridized carbons (Fsp3) is 0.423. The molecule has 1 saturated heterocycles. The second kappa shape index (κ2) is 8.68. The number of hydrogen-bond acceptors (Lipinski definition) is 2. The zero-order chi connectivity index (χ0) is 21.4. The smallest absolute Gasteiger partial charge is 0.139 e. The summed E-state index contributed by atoms with van der Waals surface area (Å²) in [5.41, 5.74) is 6.87. The highest BCUT2D eigenvalue weighted by atomic mass is 35.5. The van der Waals surface area contributed by atoms with Crippen molar-refractivity contribution in [3.8, 4) is 11.4 Å². The number of aryl methyl sites for hydroxylation is 3. The maximum absolute atomic E-state index is 6.75. The van der Waals surface area contributed by atoms with Crippen molar-refractivity contribution in [1.82, 2.24) is 19.9 Å². The van der Waals surface area contributed by atoms with Gasteiger partial charge in [-0.15, -0.1) is 0 Å². The number of unbranched alkanes of at least 4 members (excludes halogenated alkanes) is 1. The Labute approximate surface area is 189 Å². The summed E-state index contributed by atoms with van der Waals surface area (Å²) in [7, 11) is 0. The Balaban J connectivity index is 1.40. The first-order valence-corrected chi connectivity index (χ1v) is 11.9. The van der Waals surface area contributed by atoms with Crippen LogP contribution in [0.2, 0.25) is 5.02 Å². The molecule has 1 fully saturated rings. The largest absolute Gasteiger partial charge is 0.346 e. The Morgan fingerprint density at radius 3 is 2.77 bits per heavy atom. The van der Waals surface area contributed by atoms with Gasteiger partial charge in [-0.1, -0.05) is 42.6 Å². The Kier molecular flexibility index (Phi) is 5.77. The van der Waals surface area contributed by atoms with Crippen molar-refractivity contribution in [1.29, 1.82) is 0 Å². The molecule has 1 aliphatic rings. The summed E-state index contributed by atoms with van der Waals surface area (Å²) in [5.74, 6) is 1.79. The van der Waals surface area contributed by atoms with Crippen LogP contribution in [0.25, 0.3) is 33.3 Å². The number of nitrogens with one attached hydrogen (secondary N) is 2. The SMILES string of the molecule is Cc1ccc2[nH]c(-c3cccc4c3c(Cl)cn4CCCCC3CCNCC3)nc2c1C. The zero-order valence-corrected chi connectivity index (χ0v) is 19.2. The molecule has 4 aromatic rings. The number of nitrogens with zero attached hydrogens (tertiary/aromatic N) is 2. The van der Waals surface area contributed by atoms with E-state index in [0.29, 0.717) is 0 Å². The first kappa shape index (κ1) is 20.6. The molecule has 0 atom stereocenters. The molecule has 1 aliphatic heterocycles. The Bertz CT molecular complexity index is 1210. The number of aromatic nitrogens is 3. The van der Waals surface area contributed by atoms with Crippen molar-refractivity contribution in [3.63, 3.8) is 0 Å². The van der Waals surface area contributed by atoms with E-state index in [1.807, 2.05) is 0 Å². The van der Waals surface area contributed by atoms with Gasteiger partial charge in [0.25, 0.3) is 0 Å². The summed E-state index contributed by atoms with van der Waals surface area (Å²) in [6.07, 6.45) is 8.58. The van der Waals surface area contributed by atoms with E-state index in [4.69, 9.17) is 16.6 Å². The van der Waals surface area contributed by atoms with Crippen LogP contribution in [-0.4, -0.2) is 27.6 Å². The van der Waals surface area contributed by atoms with Gasteiger partial charge in [-0.3, -0.25) is 0 Å². The first-order valence-electron chi connectivity index (χ1n) is 11.6. The van der Waals surface area contributed by atoms with Crippen LogP contribution in [0.1, 0.15) is 43.2 Å². The number of H-pyrrole nitrogens is 1. The molecule has 0 saturated carbocycles. The summed E-state index contributed by atoms with van der Waals surface area (Å²) in [4.78, 5) is 8.46.